The number of nitrogens with one attached hydrogen (secondary N) is 1. The third kappa shape index (κ3) is 2.16. The van der Waals surface area contributed by atoms with Crippen molar-refractivity contribution in [2.24, 2.45) is 0 Å². The summed E-state index contributed by atoms with van der Waals surface area (Å²) >= 11 is 0.688. The van der Waals surface area contributed by atoms with E-state index in [2.05, 4.69) is 9.97 Å². The van der Waals surface area contributed by atoms with Gasteiger partial charge in [0.15, 0.2) is 4.21 Å². The predicted octanol–water partition coefficient (Wildman–Crippen LogP) is 0.965. The van der Waals surface area contributed by atoms with Gasteiger partial charge in [0.25, 0.3) is 10.0 Å². The number of hydrogen-bond donors (Lipinski definition) is 1. The van der Waals surface area contributed by atoms with Crippen LogP contribution in [0.3, 0.4) is 0 Å². The van der Waals surface area contributed by atoms with Crippen LogP contribution in [0, 0.1) is 6.92 Å². The van der Waals surface area contributed by atoms with Crippen LogP contribution in [0.15, 0.2) is 33.5 Å². The van der Waals surface area contributed by atoms with E-state index in [0.29, 0.717) is 22.7 Å². The monoisotopic (exact) mass is 285 g/mol. The molecule has 0 aliphatic rings. The van der Waals surface area contributed by atoms with E-state index in [9.17, 15) is 13.2 Å². The molecule has 0 unspecified atom stereocenters. The Balaban J connectivity index is 2.50. The molecular formula is C10H11N3O3S2. The Morgan fingerprint density at radius 2 is 1.94 bits per heavy atom. The number of nitrogens with zero attached hydrogens (tertiary/aromatic N) is 2. The number of thiazole rings is 1. The molecule has 0 bridgehead atoms. The topological polar surface area (TPSA) is 83.1 Å². The van der Waals surface area contributed by atoms with E-state index in [1.165, 1.54) is 19.4 Å². The highest BCUT2D eigenvalue weighted by Gasteiger charge is 2.25. The van der Waals surface area contributed by atoms with Gasteiger partial charge >= 0.3 is 4.87 Å². The molecule has 2 heterocycles. The summed E-state index contributed by atoms with van der Waals surface area (Å²) in [6, 6.07) is 3.17. The zero-order chi connectivity index (χ0) is 13.3. The highest BCUT2D eigenvalue weighted by Crippen LogP contribution is 2.24. The average molecular weight is 285 g/mol. The normalized spacial score (nSPS) is 11.4. The molecule has 0 saturated carbocycles. The lowest BCUT2D eigenvalue weighted by Crippen LogP contribution is -2.26. The molecule has 1 N–H and O–H groups in total. The van der Waals surface area contributed by atoms with Crippen LogP contribution in [0.5, 0.6) is 0 Å². The van der Waals surface area contributed by atoms with Gasteiger partial charge in [-0.3, -0.25) is 14.1 Å². The Morgan fingerprint density at radius 3 is 2.44 bits per heavy atom. The van der Waals surface area contributed by atoms with Gasteiger partial charge in [-0.1, -0.05) is 11.3 Å². The second kappa shape index (κ2) is 4.54. The summed E-state index contributed by atoms with van der Waals surface area (Å²) in [6.45, 7) is 1.56. The average Bonchev–Trinajstić information content (AvgIpc) is 2.69. The Bertz CT molecular complexity index is 703. The first-order chi connectivity index (χ1) is 8.43. The lowest BCUT2D eigenvalue weighted by Gasteiger charge is -2.18. The number of hydrogen-bond acceptors (Lipinski definition) is 5. The van der Waals surface area contributed by atoms with E-state index in [1.807, 2.05) is 0 Å². The van der Waals surface area contributed by atoms with Crippen molar-refractivity contribution in [3.63, 3.8) is 0 Å². The van der Waals surface area contributed by atoms with Gasteiger partial charge in [0.1, 0.15) is 0 Å². The number of rotatable bonds is 3. The number of aromatic nitrogens is 2. The van der Waals surface area contributed by atoms with E-state index in [0.717, 1.165) is 4.31 Å². The van der Waals surface area contributed by atoms with Crippen LogP contribution < -0.4 is 9.18 Å². The Hall–Kier alpha value is -1.67. The molecule has 96 valence electrons. The van der Waals surface area contributed by atoms with Gasteiger partial charge in [-0.15, -0.1) is 0 Å². The second-order valence-electron chi connectivity index (χ2n) is 3.60. The van der Waals surface area contributed by atoms with Crippen LogP contribution in [0.1, 0.15) is 5.69 Å². The van der Waals surface area contributed by atoms with Gasteiger partial charge in [-0.05, 0) is 19.1 Å². The van der Waals surface area contributed by atoms with Crippen molar-refractivity contribution in [1.29, 1.82) is 0 Å². The van der Waals surface area contributed by atoms with Crippen LogP contribution >= 0.6 is 11.3 Å². The smallest absolute Gasteiger partial charge is 0.306 e. The predicted molar refractivity (Wildman–Crippen MR) is 69.5 cm³/mol. The maximum absolute atomic E-state index is 12.3. The first-order valence-corrected chi connectivity index (χ1v) is 7.27. The molecule has 0 aliphatic carbocycles. The number of pyridine rings is 1. The minimum Gasteiger partial charge on any atom is -0.315 e. The quantitative estimate of drug-likeness (QED) is 0.910. The summed E-state index contributed by atoms with van der Waals surface area (Å²) < 4.78 is 25.8. The summed E-state index contributed by atoms with van der Waals surface area (Å²) in [4.78, 5) is 17.1. The highest BCUT2D eigenvalue weighted by molar-refractivity contribution is 7.94. The van der Waals surface area contributed by atoms with Crippen molar-refractivity contribution in [3.05, 3.63) is 39.9 Å². The minimum atomic E-state index is -3.71. The fraction of sp³-hybridized carbons (Fsp3) is 0.200. The number of anilines is 1. The molecule has 0 amide bonds. The van der Waals surface area contributed by atoms with Crippen molar-refractivity contribution in [3.8, 4) is 0 Å². The summed E-state index contributed by atoms with van der Waals surface area (Å²) in [5.74, 6) is 0. The molecule has 0 radical (unpaired) electrons. The molecule has 0 aromatic carbocycles. The largest absolute Gasteiger partial charge is 0.315 e. The highest BCUT2D eigenvalue weighted by atomic mass is 32.2. The summed E-state index contributed by atoms with van der Waals surface area (Å²) in [5.41, 5.74) is 0.844. The molecule has 2 aromatic heterocycles. The van der Waals surface area contributed by atoms with Crippen LogP contribution in [0.4, 0.5) is 5.69 Å². The van der Waals surface area contributed by atoms with E-state index in [1.54, 1.807) is 19.1 Å². The number of H-pyrrole nitrogens is 1. The molecule has 6 nitrogen and oxygen atoms in total. The van der Waals surface area contributed by atoms with Crippen molar-refractivity contribution in [1.82, 2.24) is 9.97 Å². The van der Waals surface area contributed by atoms with Crippen LogP contribution in [-0.4, -0.2) is 25.4 Å². The van der Waals surface area contributed by atoms with Crippen LogP contribution in [0.25, 0.3) is 0 Å². The summed E-state index contributed by atoms with van der Waals surface area (Å²) in [7, 11) is -2.27. The standard InChI is InChI=1S/C10H11N3O3S2/c1-7-9(17-10(14)12-7)18(15,16)13(2)8-3-5-11-6-4-8/h3-6H,1-2H3,(H,12,14). The molecule has 8 heteroatoms. The molecule has 0 saturated heterocycles. The van der Waals surface area contributed by atoms with Gasteiger partial charge in [-0.25, -0.2) is 8.42 Å². The van der Waals surface area contributed by atoms with Gasteiger partial charge in [0, 0.05) is 25.1 Å². The van der Waals surface area contributed by atoms with E-state index >= 15 is 0 Å². The third-order valence-corrected chi connectivity index (χ3v) is 5.77. The van der Waals surface area contributed by atoms with Crippen molar-refractivity contribution >= 4 is 27.0 Å². The summed E-state index contributed by atoms with van der Waals surface area (Å²) in [5, 5.41) is 0. The molecule has 0 fully saturated rings. The van der Waals surface area contributed by atoms with Crippen LogP contribution in [-0.2, 0) is 10.0 Å². The van der Waals surface area contributed by atoms with E-state index in [-0.39, 0.29) is 9.08 Å². The molecular weight excluding hydrogens is 274 g/mol. The van der Waals surface area contributed by atoms with Crippen molar-refractivity contribution in [2.45, 2.75) is 11.1 Å². The van der Waals surface area contributed by atoms with Gasteiger partial charge < -0.3 is 4.98 Å². The molecule has 2 aromatic rings. The number of aromatic amines is 1. The Labute approximate surface area is 108 Å². The van der Waals surface area contributed by atoms with Crippen molar-refractivity contribution in [2.75, 3.05) is 11.4 Å². The Morgan fingerprint density at radius 1 is 1.33 bits per heavy atom. The van der Waals surface area contributed by atoms with Gasteiger partial charge in [0.05, 0.1) is 5.69 Å². The van der Waals surface area contributed by atoms with Gasteiger partial charge in [-0.2, -0.15) is 0 Å². The zero-order valence-electron chi connectivity index (χ0n) is 9.75. The molecule has 0 aliphatic heterocycles. The first-order valence-electron chi connectivity index (χ1n) is 5.01. The van der Waals surface area contributed by atoms with Gasteiger partial charge in [0.2, 0.25) is 0 Å². The maximum Gasteiger partial charge on any atom is 0.306 e. The molecule has 0 spiro atoms. The fourth-order valence-electron chi connectivity index (χ4n) is 1.45. The number of aryl methyl sites for hydroxylation is 1. The first kappa shape index (κ1) is 12.8. The van der Waals surface area contributed by atoms with E-state index in [4.69, 9.17) is 0 Å². The maximum atomic E-state index is 12.3. The second-order valence-corrected chi connectivity index (χ2v) is 6.75. The van der Waals surface area contributed by atoms with Crippen LogP contribution in [0.2, 0.25) is 0 Å². The SMILES string of the molecule is Cc1[nH]c(=O)sc1S(=O)(=O)N(C)c1ccncc1. The minimum absolute atomic E-state index is 0.0341. The lowest BCUT2D eigenvalue weighted by atomic mass is 10.4. The number of sulfonamides is 1. The molecule has 0 atom stereocenters. The Kier molecular flexibility index (Phi) is 3.22. The molecule has 18 heavy (non-hydrogen) atoms. The van der Waals surface area contributed by atoms with Crippen molar-refractivity contribution < 1.29 is 8.42 Å². The summed E-state index contributed by atoms with van der Waals surface area (Å²) in [6.07, 6.45) is 3.02. The zero-order valence-corrected chi connectivity index (χ0v) is 11.4. The lowest BCUT2D eigenvalue weighted by molar-refractivity contribution is 0.595. The van der Waals surface area contributed by atoms with E-state index < -0.39 is 10.0 Å². The molecule has 2 rings (SSSR count). The third-order valence-electron chi connectivity index (χ3n) is 2.40. The fourth-order valence-corrected chi connectivity index (χ4v) is 4.10.